The quantitative estimate of drug-likeness (QED) is 0.862. The molecule has 1 saturated heterocycles. The van der Waals surface area contributed by atoms with Crippen molar-refractivity contribution in [2.24, 2.45) is 0 Å². The van der Waals surface area contributed by atoms with Gasteiger partial charge in [0.2, 0.25) is 0 Å². The predicted molar refractivity (Wildman–Crippen MR) is 83.1 cm³/mol. The number of carbonyl (C=O) groups excluding carboxylic acids is 2. The Bertz CT molecular complexity index is 602. The second kappa shape index (κ2) is 5.96. The highest BCUT2D eigenvalue weighted by Gasteiger charge is 2.30. The molecule has 0 aromatic heterocycles. The second-order valence-electron chi connectivity index (χ2n) is 5.81. The molecule has 118 valence electrons. The summed E-state index contributed by atoms with van der Waals surface area (Å²) in [7, 11) is 1.92. The standard InChI is InChI=1S/C16H21N3O3/c1-10-15(20)18-13-7-3-6-12(14(13)22-10)16(21)19-8-4-5-11(9-19)17-2/h3,6-7,10-11,17H,4-5,8-9H2,1-2H3,(H,18,20). The fourth-order valence-electron chi connectivity index (χ4n) is 2.96. The van der Waals surface area contributed by atoms with Gasteiger partial charge in [0.05, 0.1) is 11.3 Å². The van der Waals surface area contributed by atoms with Crippen LogP contribution < -0.4 is 15.4 Å². The van der Waals surface area contributed by atoms with Crippen LogP contribution in [-0.2, 0) is 4.79 Å². The lowest BCUT2D eigenvalue weighted by Gasteiger charge is -2.33. The maximum absolute atomic E-state index is 12.8. The first-order chi connectivity index (χ1) is 10.6. The van der Waals surface area contributed by atoms with Crippen LogP contribution in [0.15, 0.2) is 18.2 Å². The Morgan fingerprint density at radius 3 is 3.05 bits per heavy atom. The maximum Gasteiger partial charge on any atom is 0.265 e. The van der Waals surface area contributed by atoms with Crippen LogP contribution in [0.4, 0.5) is 5.69 Å². The molecule has 1 fully saturated rings. The number of likely N-dealkylation sites (tertiary alicyclic amines) is 1. The van der Waals surface area contributed by atoms with E-state index < -0.39 is 6.10 Å². The lowest BCUT2D eigenvalue weighted by molar-refractivity contribution is -0.122. The van der Waals surface area contributed by atoms with Gasteiger partial charge in [-0.25, -0.2) is 0 Å². The number of para-hydroxylation sites is 1. The molecule has 3 rings (SSSR count). The summed E-state index contributed by atoms with van der Waals surface area (Å²) < 4.78 is 5.67. The number of amides is 2. The van der Waals surface area contributed by atoms with Gasteiger partial charge in [0.15, 0.2) is 11.9 Å². The molecule has 6 heteroatoms. The predicted octanol–water partition coefficient (Wildman–Crippen LogP) is 1.23. The van der Waals surface area contributed by atoms with Gasteiger partial charge in [-0.2, -0.15) is 0 Å². The van der Waals surface area contributed by atoms with E-state index in [-0.39, 0.29) is 11.8 Å². The number of benzene rings is 1. The molecule has 2 aliphatic heterocycles. The van der Waals surface area contributed by atoms with E-state index in [0.717, 1.165) is 19.4 Å². The number of fused-ring (bicyclic) bond motifs is 1. The molecule has 2 amide bonds. The van der Waals surface area contributed by atoms with Crippen molar-refractivity contribution in [2.75, 3.05) is 25.5 Å². The highest BCUT2D eigenvalue weighted by Crippen LogP contribution is 2.34. The molecule has 2 N–H and O–H groups in total. The van der Waals surface area contributed by atoms with Crippen molar-refractivity contribution in [2.45, 2.75) is 31.9 Å². The highest BCUT2D eigenvalue weighted by atomic mass is 16.5. The Morgan fingerprint density at radius 1 is 1.45 bits per heavy atom. The van der Waals surface area contributed by atoms with Gasteiger partial charge in [0.25, 0.3) is 11.8 Å². The third-order valence-corrected chi connectivity index (χ3v) is 4.28. The smallest absolute Gasteiger partial charge is 0.265 e. The number of rotatable bonds is 2. The van der Waals surface area contributed by atoms with Crippen molar-refractivity contribution in [3.63, 3.8) is 0 Å². The minimum atomic E-state index is -0.590. The third-order valence-electron chi connectivity index (χ3n) is 4.28. The van der Waals surface area contributed by atoms with Crippen LogP contribution in [0, 0.1) is 0 Å². The fraction of sp³-hybridized carbons (Fsp3) is 0.500. The van der Waals surface area contributed by atoms with Gasteiger partial charge in [-0.3, -0.25) is 9.59 Å². The van der Waals surface area contributed by atoms with Crippen molar-refractivity contribution in [3.8, 4) is 5.75 Å². The van der Waals surface area contributed by atoms with Crippen LogP contribution in [-0.4, -0.2) is 49.0 Å². The molecule has 0 saturated carbocycles. The summed E-state index contributed by atoms with van der Waals surface area (Å²) in [5.74, 6) is 0.247. The fourth-order valence-corrected chi connectivity index (χ4v) is 2.96. The lowest BCUT2D eigenvalue weighted by Crippen LogP contribution is -2.47. The number of anilines is 1. The lowest BCUT2D eigenvalue weighted by atomic mass is 10.0. The number of ether oxygens (including phenoxy) is 1. The summed E-state index contributed by atoms with van der Waals surface area (Å²) >= 11 is 0. The summed E-state index contributed by atoms with van der Waals surface area (Å²) in [6.45, 7) is 3.13. The third kappa shape index (κ3) is 2.66. The summed E-state index contributed by atoms with van der Waals surface area (Å²) in [6.07, 6.45) is 1.48. The Labute approximate surface area is 129 Å². The molecule has 0 aliphatic carbocycles. The molecule has 0 radical (unpaired) electrons. The van der Waals surface area contributed by atoms with E-state index in [1.807, 2.05) is 11.9 Å². The van der Waals surface area contributed by atoms with Gasteiger partial charge in [0.1, 0.15) is 0 Å². The van der Waals surface area contributed by atoms with E-state index in [9.17, 15) is 9.59 Å². The van der Waals surface area contributed by atoms with Gasteiger partial charge >= 0.3 is 0 Å². The van der Waals surface area contributed by atoms with Crippen molar-refractivity contribution in [1.29, 1.82) is 0 Å². The van der Waals surface area contributed by atoms with Crippen LogP contribution >= 0.6 is 0 Å². The molecule has 22 heavy (non-hydrogen) atoms. The first kappa shape index (κ1) is 14.8. The molecule has 6 nitrogen and oxygen atoms in total. The largest absolute Gasteiger partial charge is 0.478 e. The zero-order valence-electron chi connectivity index (χ0n) is 12.9. The van der Waals surface area contributed by atoms with E-state index in [2.05, 4.69) is 10.6 Å². The SMILES string of the molecule is CNC1CCCN(C(=O)c2cccc3c2OC(C)C(=O)N3)C1. The zero-order chi connectivity index (χ0) is 15.7. The number of nitrogens with one attached hydrogen (secondary N) is 2. The molecule has 2 aliphatic rings. The van der Waals surface area contributed by atoms with Gasteiger partial charge in [-0.1, -0.05) is 6.07 Å². The van der Waals surface area contributed by atoms with Crippen LogP contribution in [0.25, 0.3) is 0 Å². The first-order valence-corrected chi connectivity index (χ1v) is 7.67. The molecule has 1 aromatic carbocycles. The van der Waals surface area contributed by atoms with Crippen LogP contribution in [0.5, 0.6) is 5.75 Å². The topological polar surface area (TPSA) is 70.7 Å². The maximum atomic E-state index is 12.8. The van der Waals surface area contributed by atoms with Gasteiger partial charge < -0.3 is 20.3 Å². The summed E-state index contributed by atoms with van der Waals surface area (Å²) in [6, 6.07) is 5.61. The second-order valence-corrected chi connectivity index (χ2v) is 5.81. The molecule has 2 unspecified atom stereocenters. The van der Waals surface area contributed by atoms with E-state index >= 15 is 0 Å². The van der Waals surface area contributed by atoms with E-state index in [0.29, 0.717) is 29.6 Å². The molecule has 2 atom stereocenters. The molecule has 2 heterocycles. The number of hydrogen-bond donors (Lipinski definition) is 2. The number of carbonyl (C=O) groups is 2. The summed E-state index contributed by atoms with van der Waals surface area (Å²) in [5.41, 5.74) is 1.08. The minimum Gasteiger partial charge on any atom is -0.478 e. The highest BCUT2D eigenvalue weighted by molar-refractivity contribution is 6.04. The first-order valence-electron chi connectivity index (χ1n) is 7.67. The number of piperidine rings is 1. The molecular formula is C16H21N3O3. The average molecular weight is 303 g/mol. The van der Waals surface area contributed by atoms with Crippen molar-refractivity contribution >= 4 is 17.5 Å². The zero-order valence-corrected chi connectivity index (χ0v) is 12.9. The summed E-state index contributed by atoms with van der Waals surface area (Å²) in [4.78, 5) is 26.4. The van der Waals surface area contributed by atoms with Gasteiger partial charge in [-0.05, 0) is 38.9 Å². The molecule has 1 aromatic rings. The van der Waals surface area contributed by atoms with E-state index in [4.69, 9.17) is 4.74 Å². The van der Waals surface area contributed by atoms with Crippen LogP contribution in [0.3, 0.4) is 0 Å². The van der Waals surface area contributed by atoms with Gasteiger partial charge in [-0.15, -0.1) is 0 Å². The van der Waals surface area contributed by atoms with Crippen molar-refractivity contribution < 1.29 is 14.3 Å². The number of nitrogens with zero attached hydrogens (tertiary/aromatic N) is 1. The Kier molecular flexibility index (Phi) is 4.02. The number of hydrogen-bond acceptors (Lipinski definition) is 4. The Balaban J connectivity index is 1.87. The van der Waals surface area contributed by atoms with Crippen molar-refractivity contribution in [1.82, 2.24) is 10.2 Å². The average Bonchev–Trinajstić information content (AvgIpc) is 2.55. The molecule has 0 spiro atoms. The normalized spacial score (nSPS) is 24.3. The Hall–Kier alpha value is -2.08. The van der Waals surface area contributed by atoms with Gasteiger partial charge in [0, 0.05) is 19.1 Å². The van der Waals surface area contributed by atoms with E-state index in [1.54, 1.807) is 25.1 Å². The monoisotopic (exact) mass is 303 g/mol. The van der Waals surface area contributed by atoms with E-state index in [1.165, 1.54) is 0 Å². The van der Waals surface area contributed by atoms with Crippen LogP contribution in [0.2, 0.25) is 0 Å². The minimum absolute atomic E-state index is 0.0415. The number of likely N-dealkylation sites (N-methyl/N-ethyl adjacent to an activating group) is 1. The Morgan fingerprint density at radius 2 is 2.27 bits per heavy atom. The summed E-state index contributed by atoms with van der Waals surface area (Å²) in [5, 5.41) is 6.01. The molecular weight excluding hydrogens is 282 g/mol. The molecule has 0 bridgehead atoms. The van der Waals surface area contributed by atoms with Crippen molar-refractivity contribution in [3.05, 3.63) is 23.8 Å². The van der Waals surface area contributed by atoms with Crippen LogP contribution in [0.1, 0.15) is 30.1 Å².